The third-order valence-electron chi connectivity index (χ3n) is 9.30. The van der Waals surface area contributed by atoms with Gasteiger partial charge in [-0.05, 0) is 59.9 Å². The van der Waals surface area contributed by atoms with E-state index >= 15 is 0 Å². The third kappa shape index (κ3) is 3.55. The Bertz CT molecular complexity index is 1440. The standard InChI is InChI=1S/C32H38O7/c1-14(2)16(5)17(6)19-10-11-21(34)23-20(19)12-30(8)13-31(9)24(15(3)4)26(35)22(18(7)33)28(37)32(31,39)29(38)25(30)27(23)36/h10-11,14-15,24,34,36-37,39H,5-6,12-13H2,1-4,7-9H3/t24?,30-,31-,32+/m1/s1. The molecule has 4 rings (SSSR count). The minimum Gasteiger partial charge on any atom is -0.508 e. The average Bonchev–Trinajstić information content (AvgIpc) is 2.80. The summed E-state index contributed by atoms with van der Waals surface area (Å²) in [5.41, 5.74) is -3.20. The van der Waals surface area contributed by atoms with Crippen LogP contribution in [-0.2, 0) is 20.8 Å². The molecule has 0 spiro atoms. The van der Waals surface area contributed by atoms with E-state index in [2.05, 4.69) is 13.2 Å². The highest BCUT2D eigenvalue weighted by molar-refractivity contribution is 6.24. The van der Waals surface area contributed by atoms with Gasteiger partial charge in [0.25, 0.3) is 0 Å². The second-order valence-corrected chi connectivity index (χ2v) is 12.6. The molecule has 0 saturated heterocycles. The van der Waals surface area contributed by atoms with Gasteiger partial charge in [0.1, 0.15) is 22.8 Å². The Labute approximate surface area is 229 Å². The first-order valence-corrected chi connectivity index (χ1v) is 13.3. The van der Waals surface area contributed by atoms with E-state index in [1.807, 2.05) is 13.8 Å². The molecular formula is C32H38O7. The lowest BCUT2D eigenvalue weighted by Crippen LogP contribution is -2.69. The molecule has 1 saturated carbocycles. The van der Waals surface area contributed by atoms with Crippen molar-refractivity contribution in [2.75, 3.05) is 0 Å². The molecule has 0 amide bonds. The van der Waals surface area contributed by atoms with Gasteiger partial charge in [-0.1, -0.05) is 60.8 Å². The highest BCUT2D eigenvalue weighted by Gasteiger charge is 2.72. The molecule has 7 heteroatoms. The maximum Gasteiger partial charge on any atom is 0.203 e. The van der Waals surface area contributed by atoms with Crippen LogP contribution < -0.4 is 0 Å². The molecule has 208 valence electrons. The van der Waals surface area contributed by atoms with Crippen molar-refractivity contribution in [1.29, 1.82) is 0 Å². The van der Waals surface area contributed by atoms with Gasteiger partial charge in [0.2, 0.25) is 5.78 Å². The maximum absolute atomic E-state index is 14.3. The van der Waals surface area contributed by atoms with Gasteiger partial charge >= 0.3 is 0 Å². The van der Waals surface area contributed by atoms with Crippen LogP contribution in [0.15, 0.2) is 47.8 Å². The zero-order chi connectivity index (χ0) is 29.6. The molecule has 1 aromatic carbocycles. The van der Waals surface area contributed by atoms with Crippen molar-refractivity contribution < 1.29 is 34.8 Å². The number of hydrogen-bond donors (Lipinski definition) is 4. The Morgan fingerprint density at radius 2 is 1.64 bits per heavy atom. The fourth-order valence-electron chi connectivity index (χ4n) is 7.52. The van der Waals surface area contributed by atoms with Crippen molar-refractivity contribution in [1.82, 2.24) is 0 Å². The van der Waals surface area contributed by atoms with Gasteiger partial charge in [-0.15, -0.1) is 0 Å². The van der Waals surface area contributed by atoms with Crippen molar-refractivity contribution in [2.45, 2.75) is 66.9 Å². The van der Waals surface area contributed by atoms with Crippen LogP contribution in [0, 0.1) is 28.6 Å². The Morgan fingerprint density at radius 3 is 2.15 bits per heavy atom. The summed E-state index contributed by atoms with van der Waals surface area (Å²) in [4.78, 5) is 40.4. The van der Waals surface area contributed by atoms with Gasteiger partial charge in [0.15, 0.2) is 17.2 Å². The second-order valence-electron chi connectivity index (χ2n) is 12.6. The van der Waals surface area contributed by atoms with Gasteiger partial charge < -0.3 is 20.4 Å². The summed E-state index contributed by atoms with van der Waals surface area (Å²) in [6, 6.07) is 3.13. The number of allylic oxidation sites excluding steroid dienone is 3. The first kappa shape index (κ1) is 28.6. The van der Waals surface area contributed by atoms with Crippen LogP contribution in [0.3, 0.4) is 0 Å². The molecule has 0 bridgehead atoms. The van der Waals surface area contributed by atoms with Crippen molar-refractivity contribution in [3.05, 3.63) is 64.5 Å². The first-order chi connectivity index (χ1) is 17.9. The topological polar surface area (TPSA) is 132 Å². The summed E-state index contributed by atoms with van der Waals surface area (Å²) in [6.45, 7) is 20.4. The summed E-state index contributed by atoms with van der Waals surface area (Å²) in [5, 5.41) is 45.8. The molecule has 0 heterocycles. The molecule has 39 heavy (non-hydrogen) atoms. The number of phenols is 1. The summed E-state index contributed by atoms with van der Waals surface area (Å²) in [5.74, 6) is -5.31. The summed E-state index contributed by atoms with van der Waals surface area (Å²) in [7, 11) is 0. The van der Waals surface area contributed by atoms with Crippen LogP contribution in [0.25, 0.3) is 11.3 Å². The number of ketones is 3. The van der Waals surface area contributed by atoms with Crippen molar-refractivity contribution in [2.24, 2.45) is 28.6 Å². The molecule has 0 radical (unpaired) electrons. The predicted molar refractivity (Wildman–Crippen MR) is 149 cm³/mol. The van der Waals surface area contributed by atoms with Gasteiger partial charge in [-0.3, -0.25) is 14.4 Å². The summed E-state index contributed by atoms with van der Waals surface area (Å²) in [6.07, 6.45) is 0.230. The van der Waals surface area contributed by atoms with E-state index in [4.69, 9.17) is 0 Å². The summed E-state index contributed by atoms with van der Waals surface area (Å²) < 4.78 is 0. The lowest BCUT2D eigenvalue weighted by molar-refractivity contribution is -0.178. The van der Waals surface area contributed by atoms with Crippen molar-refractivity contribution in [3.63, 3.8) is 0 Å². The molecule has 3 aliphatic carbocycles. The van der Waals surface area contributed by atoms with Crippen molar-refractivity contribution >= 4 is 28.7 Å². The zero-order valence-electron chi connectivity index (χ0n) is 23.7. The van der Waals surface area contributed by atoms with E-state index in [0.717, 1.165) is 12.5 Å². The number of carbonyl (C=O) groups excluding carboxylic acids is 3. The average molecular weight is 535 g/mol. The molecule has 4 atom stereocenters. The number of aliphatic hydroxyl groups is 3. The normalized spacial score (nSPS) is 30.4. The van der Waals surface area contributed by atoms with E-state index in [1.165, 1.54) is 6.07 Å². The van der Waals surface area contributed by atoms with Gasteiger partial charge in [0.05, 0.1) is 5.56 Å². The molecule has 1 fully saturated rings. The SMILES string of the molecule is C=C(C(=C)C(C)C)c1ccc(O)c2c1C[C@]1(C)C[C@]3(C)C(C(C)C)C(=O)C(C(C)=O)=C(O)[C@]3(O)C(=O)C1=C2O. The number of Topliss-reactive ketones (excluding diaryl/α,β-unsaturated/α-hetero) is 3. The monoisotopic (exact) mass is 534 g/mol. The lowest BCUT2D eigenvalue weighted by Gasteiger charge is -2.59. The number of fused-ring (bicyclic) bond motifs is 3. The fraction of sp³-hybridized carbons (Fsp3) is 0.469. The molecule has 0 aromatic heterocycles. The Morgan fingerprint density at radius 1 is 1.05 bits per heavy atom. The smallest absolute Gasteiger partial charge is 0.203 e. The minimum atomic E-state index is -2.63. The Hall–Kier alpha value is -3.45. The molecule has 3 aliphatic rings. The number of carbonyl (C=O) groups is 3. The van der Waals surface area contributed by atoms with E-state index in [9.17, 15) is 34.8 Å². The zero-order valence-corrected chi connectivity index (χ0v) is 23.7. The lowest BCUT2D eigenvalue weighted by atomic mass is 9.43. The van der Waals surface area contributed by atoms with Crippen LogP contribution in [-0.4, -0.2) is 43.4 Å². The predicted octanol–water partition coefficient (Wildman–Crippen LogP) is 5.42. The molecule has 4 N–H and O–H groups in total. The van der Waals surface area contributed by atoms with E-state index in [-0.39, 0.29) is 41.6 Å². The Kier molecular flexibility index (Phi) is 6.43. The molecule has 0 aliphatic heterocycles. The number of hydrogen-bond acceptors (Lipinski definition) is 7. The van der Waals surface area contributed by atoms with Crippen molar-refractivity contribution in [3.8, 4) is 5.75 Å². The van der Waals surface area contributed by atoms with Crippen LogP contribution in [0.2, 0.25) is 0 Å². The maximum atomic E-state index is 14.3. The number of aliphatic hydroxyl groups excluding tert-OH is 2. The van der Waals surface area contributed by atoms with Gasteiger partial charge in [0, 0.05) is 22.3 Å². The highest BCUT2D eigenvalue weighted by atomic mass is 16.3. The number of rotatable bonds is 5. The fourth-order valence-corrected chi connectivity index (χ4v) is 7.52. The molecule has 1 unspecified atom stereocenters. The summed E-state index contributed by atoms with van der Waals surface area (Å²) >= 11 is 0. The van der Waals surface area contributed by atoms with Gasteiger partial charge in [-0.2, -0.15) is 0 Å². The number of phenolic OH excluding ortho intramolecular Hbond substituents is 1. The Balaban J connectivity index is 2.07. The van der Waals surface area contributed by atoms with Crippen LogP contribution in [0.1, 0.15) is 71.6 Å². The van der Waals surface area contributed by atoms with Crippen LogP contribution >= 0.6 is 0 Å². The minimum absolute atomic E-state index is 0.0393. The number of aromatic hydroxyl groups is 1. The molecular weight excluding hydrogens is 496 g/mol. The first-order valence-electron chi connectivity index (χ1n) is 13.3. The molecule has 7 nitrogen and oxygen atoms in total. The number of benzene rings is 1. The third-order valence-corrected chi connectivity index (χ3v) is 9.30. The molecule has 1 aromatic rings. The quantitative estimate of drug-likeness (QED) is 0.293. The van der Waals surface area contributed by atoms with Gasteiger partial charge in [-0.25, -0.2) is 0 Å². The van der Waals surface area contributed by atoms with E-state index < -0.39 is 56.8 Å². The van der Waals surface area contributed by atoms with E-state index in [0.29, 0.717) is 16.7 Å². The second kappa shape index (κ2) is 8.78. The highest BCUT2D eigenvalue weighted by Crippen LogP contribution is 2.65. The largest absolute Gasteiger partial charge is 0.508 e. The van der Waals surface area contributed by atoms with Crippen LogP contribution in [0.5, 0.6) is 5.75 Å². The van der Waals surface area contributed by atoms with Crippen LogP contribution in [0.4, 0.5) is 0 Å². The van der Waals surface area contributed by atoms with E-state index in [1.54, 1.807) is 33.8 Å².